The number of hydrogen-bond acceptors (Lipinski definition) is 4. The van der Waals surface area contributed by atoms with Crippen LogP contribution < -0.4 is 10.2 Å². The third kappa shape index (κ3) is 4.21. The standard InChI is InChI=1S/C25H30N4/c1-2-8-19(9-3-1)18-20-14-16-29(17-15-20)25-27-23-13-7-6-12-22(23)24(28-25)26-21-10-4-5-11-21/h1-3,6-9,12-13,20-21H,4-5,10-11,14-18H2,(H,26,27,28). The molecule has 1 aromatic heterocycles. The van der Waals surface area contributed by atoms with E-state index in [9.17, 15) is 0 Å². The van der Waals surface area contributed by atoms with Gasteiger partial charge in [0.15, 0.2) is 0 Å². The van der Waals surface area contributed by atoms with Crippen molar-refractivity contribution in [2.45, 2.75) is 51.0 Å². The van der Waals surface area contributed by atoms with Crippen molar-refractivity contribution in [3.05, 3.63) is 60.2 Å². The molecule has 0 radical (unpaired) electrons. The molecule has 1 aliphatic carbocycles. The Bertz CT molecular complexity index is 941. The van der Waals surface area contributed by atoms with Crippen molar-refractivity contribution >= 4 is 22.7 Å². The van der Waals surface area contributed by atoms with Crippen LogP contribution in [0.4, 0.5) is 11.8 Å². The Hall–Kier alpha value is -2.62. The molecule has 0 amide bonds. The van der Waals surface area contributed by atoms with Crippen molar-refractivity contribution in [2.24, 2.45) is 5.92 Å². The van der Waals surface area contributed by atoms with Gasteiger partial charge in [-0.2, -0.15) is 4.98 Å². The summed E-state index contributed by atoms with van der Waals surface area (Å²) in [6, 6.07) is 19.9. The maximum absolute atomic E-state index is 5.00. The number of aromatic nitrogens is 2. The van der Waals surface area contributed by atoms with Gasteiger partial charge in [0.25, 0.3) is 0 Å². The predicted octanol–water partition coefficient (Wildman–Crippen LogP) is 5.44. The third-order valence-corrected chi connectivity index (χ3v) is 6.55. The lowest BCUT2D eigenvalue weighted by Gasteiger charge is -2.32. The lowest BCUT2D eigenvalue weighted by molar-refractivity contribution is 0.401. The van der Waals surface area contributed by atoms with E-state index in [1.54, 1.807) is 0 Å². The van der Waals surface area contributed by atoms with Crippen molar-refractivity contribution < 1.29 is 0 Å². The van der Waals surface area contributed by atoms with Crippen LogP contribution in [0.15, 0.2) is 54.6 Å². The number of nitrogens with zero attached hydrogens (tertiary/aromatic N) is 3. The summed E-state index contributed by atoms with van der Waals surface area (Å²) in [5, 5.41) is 4.87. The smallest absolute Gasteiger partial charge is 0.227 e. The predicted molar refractivity (Wildman–Crippen MR) is 120 cm³/mol. The minimum atomic E-state index is 0.553. The number of para-hydroxylation sites is 1. The van der Waals surface area contributed by atoms with Crippen molar-refractivity contribution in [3.63, 3.8) is 0 Å². The fourth-order valence-electron chi connectivity index (χ4n) is 4.86. The van der Waals surface area contributed by atoms with E-state index in [-0.39, 0.29) is 0 Å². The lowest BCUT2D eigenvalue weighted by Crippen LogP contribution is -2.35. The zero-order chi connectivity index (χ0) is 19.5. The number of hydrogen-bond donors (Lipinski definition) is 1. The molecule has 29 heavy (non-hydrogen) atoms. The van der Waals surface area contributed by atoms with Crippen molar-refractivity contribution in [1.29, 1.82) is 0 Å². The largest absolute Gasteiger partial charge is 0.367 e. The molecule has 1 N–H and O–H groups in total. The van der Waals surface area contributed by atoms with Crippen LogP contribution in [0.2, 0.25) is 0 Å². The number of benzene rings is 2. The topological polar surface area (TPSA) is 41.1 Å². The van der Waals surface area contributed by atoms with E-state index in [0.29, 0.717) is 6.04 Å². The highest BCUT2D eigenvalue weighted by molar-refractivity contribution is 5.90. The van der Waals surface area contributed by atoms with Crippen LogP contribution in [0.25, 0.3) is 10.9 Å². The SMILES string of the molecule is c1ccc(CC2CCN(c3nc(NC4CCCC4)c4ccccc4n3)CC2)cc1. The van der Waals surface area contributed by atoms with Crippen molar-refractivity contribution in [1.82, 2.24) is 9.97 Å². The van der Waals surface area contributed by atoms with E-state index in [1.807, 2.05) is 0 Å². The molecule has 2 aromatic carbocycles. The van der Waals surface area contributed by atoms with E-state index in [0.717, 1.165) is 41.7 Å². The Morgan fingerprint density at radius 2 is 1.55 bits per heavy atom. The molecule has 150 valence electrons. The van der Waals surface area contributed by atoms with Gasteiger partial charge in [0, 0.05) is 24.5 Å². The maximum Gasteiger partial charge on any atom is 0.227 e. The summed E-state index contributed by atoms with van der Waals surface area (Å²) in [5.41, 5.74) is 2.50. The summed E-state index contributed by atoms with van der Waals surface area (Å²) < 4.78 is 0. The first kappa shape index (κ1) is 18.4. The first-order valence-electron chi connectivity index (χ1n) is 11.2. The number of rotatable bonds is 5. The normalized spacial score (nSPS) is 18.4. The zero-order valence-corrected chi connectivity index (χ0v) is 17.1. The molecule has 4 heteroatoms. The van der Waals surface area contributed by atoms with Gasteiger partial charge in [-0.1, -0.05) is 55.3 Å². The molecular formula is C25H30N4. The first-order valence-corrected chi connectivity index (χ1v) is 11.2. The minimum Gasteiger partial charge on any atom is -0.367 e. The monoisotopic (exact) mass is 386 g/mol. The molecule has 2 heterocycles. The summed E-state index contributed by atoms with van der Waals surface area (Å²) >= 11 is 0. The number of piperidine rings is 1. The van der Waals surface area contributed by atoms with Gasteiger partial charge in [-0.05, 0) is 55.7 Å². The summed E-state index contributed by atoms with van der Waals surface area (Å²) in [6.07, 6.45) is 8.73. The molecule has 4 nitrogen and oxygen atoms in total. The highest BCUT2D eigenvalue weighted by Crippen LogP contribution is 2.30. The molecular weight excluding hydrogens is 356 g/mol. The highest BCUT2D eigenvalue weighted by Gasteiger charge is 2.23. The first-order chi connectivity index (χ1) is 14.3. The van der Waals surface area contributed by atoms with Gasteiger partial charge in [-0.3, -0.25) is 0 Å². The van der Waals surface area contributed by atoms with E-state index in [2.05, 4.69) is 64.8 Å². The molecule has 0 spiro atoms. The molecule has 5 rings (SSSR count). The van der Waals surface area contributed by atoms with E-state index >= 15 is 0 Å². The second-order valence-electron chi connectivity index (χ2n) is 8.64. The van der Waals surface area contributed by atoms with Gasteiger partial charge in [-0.25, -0.2) is 4.98 Å². The van der Waals surface area contributed by atoms with Gasteiger partial charge >= 0.3 is 0 Å². The summed E-state index contributed by atoms with van der Waals surface area (Å²) in [7, 11) is 0. The third-order valence-electron chi connectivity index (χ3n) is 6.55. The van der Waals surface area contributed by atoms with Crippen LogP contribution in [0.5, 0.6) is 0 Å². The van der Waals surface area contributed by atoms with Crippen LogP contribution in [-0.2, 0) is 6.42 Å². The summed E-state index contributed by atoms with van der Waals surface area (Å²) in [4.78, 5) is 12.3. The van der Waals surface area contributed by atoms with Gasteiger partial charge < -0.3 is 10.2 Å². The fraction of sp³-hybridized carbons (Fsp3) is 0.440. The second-order valence-corrected chi connectivity index (χ2v) is 8.64. The number of anilines is 2. The van der Waals surface area contributed by atoms with E-state index in [1.165, 1.54) is 50.5 Å². The number of fused-ring (bicyclic) bond motifs is 1. The Labute approximate surface area is 173 Å². The van der Waals surface area contributed by atoms with Crippen LogP contribution in [0.1, 0.15) is 44.1 Å². The van der Waals surface area contributed by atoms with Crippen LogP contribution in [0.3, 0.4) is 0 Å². The molecule has 2 aliphatic rings. The highest BCUT2D eigenvalue weighted by atomic mass is 15.3. The Balaban J connectivity index is 1.32. The minimum absolute atomic E-state index is 0.553. The molecule has 1 saturated carbocycles. The Morgan fingerprint density at radius 3 is 2.34 bits per heavy atom. The van der Waals surface area contributed by atoms with Gasteiger partial charge in [0.2, 0.25) is 5.95 Å². The lowest BCUT2D eigenvalue weighted by atomic mass is 9.90. The molecule has 2 fully saturated rings. The van der Waals surface area contributed by atoms with Crippen LogP contribution >= 0.6 is 0 Å². The van der Waals surface area contributed by atoms with E-state index < -0.39 is 0 Å². The fourth-order valence-corrected chi connectivity index (χ4v) is 4.86. The van der Waals surface area contributed by atoms with Crippen LogP contribution in [-0.4, -0.2) is 29.1 Å². The van der Waals surface area contributed by atoms with Gasteiger partial charge in [0.05, 0.1) is 5.52 Å². The maximum atomic E-state index is 5.00. The average molecular weight is 387 g/mol. The summed E-state index contributed by atoms with van der Waals surface area (Å²) in [5.74, 6) is 2.66. The average Bonchev–Trinajstić information content (AvgIpc) is 3.28. The molecule has 0 unspecified atom stereocenters. The Morgan fingerprint density at radius 1 is 0.828 bits per heavy atom. The quantitative estimate of drug-likeness (QED) is 0.634. The van der Waals surface area contributed by atoms with Crippen LogP contribution in [0, 0.1) is 5.92 Å². The van der Waals surface area contributed by atoms with Crippen molar-refractivity contribution in [2.75, 3.05) is 23.3 Å². The molecule has 1 aliphatic heterocycles. The van der Waals surface area contributed by atoms with E-state index in [4.69, 9.17) is 9.97 Å². The second kappa shape index (κ2) is 8.40. The van der Waals surface area contributed by atoms with Crippen molar-refractivity contribution in [3.8, 4) is 0 Å². The van der Waals surface area contributed by atoms with Gasteiger partial charge in [-0.15, -0.1) is 0 Å². The zero-order valence-electron chi connectivity index (χ0n) is 17.1. The molecule has 3 aromatic rings. The Kier molecular flexibility index (Phi) is 5.33. The number of nitrogens with one attached hydrogen (secondary N) is 1. The molecule has 1 saturated heterocycles. The molecule has 0 bridgehead atoms. The summed E-state index contributed by atoms with van der Waals surface area (Å²) in [6.45, 7) is 2.08. The van der Waals surface area contributed by atoms with Gasteiger partial charge in [0.1, 0.15) is 5.82 Å². The molecule has 0 atom stereocenters.